The van der Waals surface area contributed by atoms with Crippen molar-refractivity contribution in [3.05, 3.63) is 64.7 Å². The minimum Gasteiger partial charge on any atom is -0.494 e. The summed E-state index contributed by atoms with van der Waals surface area (Å²) in [5.74, 6) is 1.63. The van der Waals surface area contributed by atoms with E-state index in [2.05, 4.69) is 6.92 Å². The van der Waals surface area contributed by atoms with Crippen LogP contribution in [0, 0.1) is 5.92 Å². The molecule has 3 aromatic rings. The van der Waals surface area contributed by atoms with Crippen molar-refractivity contribution in [1.82, 2.24) is 14.5 Å². The number of benzene rings is 2. The summed E-state index contributed by atoms with van der Waals surface area (Å²) in [4.78, 5) is 34.4. The van der Waals surface area contributed by atoms with E-state index in [0.29, 0.717) is 29.9 Å². The molecular formula is C29H37N3O3. The first-order valence-corrected chi connectivity index (χ1v) is 13.1. The zero-order valence-corrected chi connectivity index (χ0v) is 21.2. The monoisotopic (exact) mass is 475 g/mol. The molecule has 0 spiro atoms. The lowest BCUT2D eigenvalue weighted by Crippen LogP contribution is -2.40. The average Bonchev–Trinajstić information content (AvgIpc) is 3.42. The molecule has 1 saturated carbocycles. The van der Waals surface area contributed by atoms with E-state index in [4.69, 9.17) is 9.72 Å². The number of aromatic nitrogens is 2. The van der Waals surface area contributed by atoms with Gasteiger partial charge in [-0.3, -0.25) is 14.2 Å². The summed E-state index contributed by atoms with van der Waals surface area (Å²) in [6, 6.07) is 14.6. The van der Waals surface area contributed by atoms with Gasteiger partial charge in [0.25, 0.3) is 5.56 Å². The zero-order valence-electron chi connectivity index (χ0n) is 21.2. The zero-order chi connectivity index (χ0) is 24.8. The molecule has 0 radical (unpaired) electrons. The molecule has 1 aliphatic carbocycles. The number of carbonyl (C=O) groups is 1. The van der Waals surface area contributed by atoms with Gasteiger partial charge in [-0.05, 0) is 69.5 Å². The number of hydrogen-bond donors (Lipinski definition) is 0. The fourth-order valence-corrected chi connectivity index (χ4v) is 5.11. The Hall–Kier alpha value is -3.15. The van der Waals surface area contributed by atoms with Gasteiger partial charge in [0.05, 0.1) is 29.2 Å². The summed E-state index contributed by atoms with van der Waals surface area (Å²) in [6.45, 7) is 7.38. The van der Waals surface area contributed by atoms with Gasteiger partial charge in [-0.15, -0.1) is 0 Å². The third-order valence-electron chi connectivity index (χ3n) is 7.04. The van der Waals surface area contributed by atoms with E-state index >= 15 is 0 Å². The first-order chi connectivity index (χ1) is 17.0. The summed E-state index contributed by atoms with van der Waals surface area (Å²) in [6.07, 6.45) is 7.22. The van der Waals surface area contributed by atoms with Crippen molar-refractivity contribution in [3.63, 3.8) is 0 Å². The fourth-order valence-electron chi connectivity index (χ4n) is 5.11. The Kier molecular flexibility index (Phi) is 8.21. The topological polar surface area (TPSA) is 64.4 Å². The van der Waals surface area contributed by atoms with Crippen LogP contribution in [0.1, 0.15) is 77.6 Å². The molecular weight excluding hydrogens is 438 g/mol. The molecule has 1 amide bonds. The lowest BCUT2D eigenvalue weighted by Gasteiger charge is -2.32. The molecule has 186 valence electrons. The van der Waals surface area contributed by atoms with Gasteiger partial charge in [0.2, 0.25) is 5.91 Å². The molecule has 1 unspecified atom stereocenters. The van der Waals surface area contributed by atoms with Crippen molar-refractivity contribution in [3.8, 4) is 11.4 Å². The molecule has 1 aliphatic rings. The van der Waals surface area contributed by atoms with E-state index in [0.717, 1.165) is 56.4 Å². The summed E-state index contributed by atoms with van der Waals surface area (Å²) >= 11 is 0. The summed E-state index contributed by atoms with van der Waals surface area (Å²) < 4.78 is 7.28. The van der Waals surface area contributed by atoms with E-state index in [1.54, 1.807) is 4.57 Å². The van der Waals surface area contributed by atoms with Crippen LogP contribution >= 0.6 is 0 Å². The standard InChI is InChI=1S/C29H37N3O3/c1-4-6-11-20-31(28(33)22-12-7-8-13-22)21(3)27-30-26-15-10-9-14-25(26)29(34)32(27)23-16-18-24(19-17-23)35-5-2/h9-10,14-19,21-22H,4-8,11-13,20H2,1-3H3. The highest BCUT2D eigenvalue weighted by atomic mass is 16.5. The van der Waals surface area contributed by atoms with Crippen molar-refractivity contribution in [2.24, 2.45) is 5.92 Å². The Morgan fingerprint density at radius 3 is 2.49 bits per heavy atom. The predicted octanol–water partition coefficient (Wildman–Crippen LogP) is 6.05. The van der Waals surface area contributed by atoms with Gasteiger partial charge in [-0.2, -0.15) is 0 Å². The highest BCUT2D eigenvalue weighted by Crippen LogP contribution is 2.31. The highest BCUT2D eigenvalue weighted by molar-refractivity contribution is 5.80. The van der Waals surface area contributed by atoms with Crippen molar-refractivity contribution in [2.75, 3.05) is 13.2 Å². The SMILES string of the molecule is CCCCCN(C(=O)C1CCCC1)C(C)c1nc2ccccc2c(=O)n1-c1ccc(OCC)cc1. The van der Waals surface area contributed by atoms with E-state index in [9.17, 15) is 9.59 Å². The van der Waals surface area contributed by atoms with Gasteiger partial charge >= 0.3 is 0 Å². The normalized spacial score (nSPS) is 14.8. The van der Waals surface area contributed by atoms with Crippen LogP contribution in [0.25, 0.3) is 16.6 Å². The molecule has 1 fully saturated rings. The summed E-state index contributed by atoms with van der Waals surface area (Å²) in [7, 11) is 0. The van der Waals surface area contributed by atoms with Gasteiger partial charge in [-0.1, -0.05) is 44.7 Å². The number of para-hydroxylation sites is 1. The predicted molar refractivity (Wildman–Crippen MR) is 140 cm³/mol. The average molecular weight is 476 g/mol. The lowest BCUT2D eigenvalue weighted by atomic mass is 10.0. The smallest absolute Gasteiger partial charge is 0.266 e. The molecule has 35 heavy (non-hydrogen) atoms. The fraction of sp³-hybridized carbons (Fsp3) is 0.483. The Bertz CT molecular complexity index is 1200. The number of unbranched alkanes of at least 4 members (excludes halogenated alkanes) is 2. The Labute approximate surface area is 207 Å². The molecule has 1 atom stereocenters. The number of ether oxygens (including phenoxy) is 1. The quantitative estimate of drug-likeness (QED) is 0.335. The highest BCUT2D eigenvalue weighted by Gasteiger charge is 2.32. The van der Waals surface area contributed by atoms with Crippen LogP contribution < -0.4 is 10.3 Å². The summed E-state index contributed by atoms with van der Waals surface area (Å²) in [5.41, 5.74) is 1.26. The molecule has 2 aromatic carbocycles. The van der Waals surface area contributed by atoms with E-state index in [1.165, 1.54) is 0 Å². The van der Waals surface area contributed by atoms with Crippen LogP contribution in [0.3, 0.4) is 0 Å². The largest absolute Gasteiger partial charge is 0.494 e. The molecule has 0 aliphatic heterocycles. The molecule has 6 nitrogen and oxygen atoms in total. The molecule has 1 heterocycles. The second-order valence-corrected chi connectivity index (χ2v) is 9.45. The van der Waals surface area contributed by atoms with Gasteiger partial charge in [0.1, 0.15) is 11.6 Å². The van der Waals surface area contributed by atoms with Gasteiger partial charge in [0, 0.05) is 12.5 Å². The molecule has 1 aromatic heterocycles. The third kappa shape index (κ3) is 5.42. The first-order valence-electron chi connectivity index (χ1n) is 13.1. The minimum atomic E-state index is -0.330. The maximum Gasteiger partial charge on any atom is 0.266 e. The van der Waals surface area contributed by atoms with Crippen LogP contribution in [0.2, 0.25) is 0 Å². The van der Waals surface area contributed by atoms with E-state index < -0.39 is 0 Å². The third-order valence-corrected chi connectivity index (χ3v) is 7.04. The van der Waals surface area contributed by atoms with Gasteiger partial charge in [0.15, 0.2) is 0 Å². The van der Waals surface area contributed by atoms with Crippen LogP contribution in [0.15, 0.2) is 53.3 Å². The number of hydrogen-bond acceptors (Lipinski definition) is 4. The van der Waals surface area contributed by atoms with Crippen molar-refractivity contribution >= 4 is 16.8 Å². The van der Waals surface area contributed by atoms with Crippen LogP contribution in [-0.4, -0.2) is 33.5 Å². The molecule has 6 heteroatoms. The molecule has 0 saturated heterocycles. The number of amides is 1. The summed E-state index contributed by atoms with van der Waals surface area (Å²) in [5, 5.41) is 0.567. The van der Waals surface area contributed by atoms with Crippen molar-refractivity contribution in [1.29, 1.82) is 0 Å². The molecule has 0 N–H and O–H groups in total. The lowest BCUT2D eigenvalue weighted by molar-refractivity contribution is -0.137. The van der Waals surface area contributed by atoms with Crippen LogP contribution in [0.4, 0.5) is 0 Å². The second-order valence-electron chi connectivity index (χ2n) is 9.45. The Morgan fingerprint density at radius 1 is 1.09 bits per heavy atom. The Morgan fingerprint density at radius 2 is 1.80 bits per heavy atom. The van der Waals surface area contributed by atoms with Crippen molar-refractivity contribution in [2.45, 2.75) is 71.8 Å². The Balaban J connectivity index is 1.82. The number of nitrogens with zero attached hydrogens (tertiary/aromatic N) is 3. The van der Waals surface area contributed by atoms with Gasteiger partial charge in [-0.25, -0.2) is 4.98 Å². The molecule has 0 bridgehead atoms. The maximum absolute atomic E-state index is 13.8. The minimum absolute atomic E-state index is 0.0742. The van der Waals surface area contributed by atoms with Crippen molar-refractivity contribution < 1.29 is 9.53 Å². The van der Waals surface area contributed by atoms with Gasteiger partial charge < -0.3 is 9.64 Å². The number of carbonyl (C=O) groups excluding carboxylic acids is 1. The number of rotatable bonds is 10. The van der Waals surface area contributed by atoms with E-state index in [1.807, 2.05) is 67.3 Å². The van der Waals surface area contributed by atoms with Crippen LogP contribution in [0.5, 0.6) is 5.75 Å². The molecule has 4 rings (SSSR count). The second kappa shape index (κ2) is 11.5. The van der Waals surface area contributed by atoms with E-state index in [-0.39, 0.29) is 23.4 Å². The first kappa shape index (κ1) is 25.0. The van der Waals surface area contributed by atoms with Crippen LogP contribution in [-0.2, 0) is 4.79 Å². The maximum atomic E-state index is 13.8. The number of fused-ring (bicyclic) bond motifs is 1.